The molecule has 16 heavy (non-hydrogen) atoms. The number of aryl methyl sites for hydroxylation is 1. The van der Waals surface area contributed by atoms with Gasteiger partial charge >= 0.3 is 5.97 Å². The van der Waals surface area contributed by atoms with Gasteiger partial charge in [-0.15, -0.1) is 0 Å². The zero-order valence-corrected chi connectivity index (χ0v) is 8.92. The third-order valence-electron chi connectivity index (χ3n) is 2.56. The van der Waals surface area contributed by atoms with Crippen LogP contribution in [0, 0.1) is 6.92 Å². The summed E-state index contributed by atoms with van der Waals surface area (Å²) in [6.07, 6.45) is 3.53. The maximum Gasteiger partial charge on any atom is 0.305 e. The lowest BCUT2D eigenvalue weighted by atomic mass is 10.1. The van der Waals surface area contributed by atoms with Crippen LogP contribution in [-0.4, -0.2) is 20.5 Å². The van der Waals surface area contributed by atoms with Gasteiger partial charge in [-0.1, -0.05) is 6.07 Å². The Morgan fingerprint density at radius 1 is 1.62 bits per heavy atom. The van der Waals surface area contributed by atoms with E-state index in [1.807, 2.05) is 29.7 Å². The van der Waals surface area contributed by atoms with E-state index in [1.165, 1.54) is 0 Å². The minimum absolute atomic E-state index is 0.0702. The maximum absolute atomic E-state index is 10.6. The highest BCUT2D eigenvalue weighted by Crippen LogP contribution is 2.16. The summed E-state index contributed by atoms with van der Waals surface area (Å²) >= 11 is 0. The smallest absolute Gasteiger partial charge is 0.305 e. The van der Waals surface area contributed by atoms with E-state index in [9.17, 15) is 4.79 Å². The molecule has 84 valence electrons. The molecule has 0 bridgehead atoms. The molecule has 0 fully saturated rings. The molecule has 0 amide bonds. The van der Waals surface area contributed by atoms with E-state index in [4.69, 9.17) is 10.8 Å². The van der Waals surface area contributed by atoms with Gasteiger partial charge in [-0.2, -0.15) is 0 Å². The number of rotatable bonds is 3. The Balaban J connectivity index is 2.38. The van der Waals surface area contributed by atoms with E-state index in [2.05, 4.69) is 4.98 Å². The van der Waals surface area contributed by atoms with Gasteiger partial charge in [-0.3, -0.25) is 4.79 Å². The molecule has 5 nitrogen and oxygen atoms in total. The Bertz CT molecular complexity index is 533. The van der Waals surface area contributed by atoms with Gasteiger partial charge in [0.15, 0.2) is 0 Å². The molecule has 2 rings (SSSR count). The Morgan fingerprint density at radius 2 is 2.38 bits per heavy atom. The summed E-state index contributed by atoms with van der Waals surface area (Å²) in [6.45, 7) is 1.89. The molecule has 0 radical (unpaired) electrons. The Kier molecular flexibility index (Phi) is 2.62. The summed E-state index contributed by atoms with van der Waals surface area (Å²) < 4.78 is 1.90. The van der Waals surface area contributed by atoms with Crippen LogP contribution in [0.1, 0.15) is 23.9 Å². The van der Waals surface area contributed by atoms with Crippen molar-refractivity contribution in [1.82, 2.24) is 9.38 Å². The van der Waals surface area contributed by atoms with Crippen molar-refractivity contribution in [3.8, 4) is 0 Å². The lowest BCUT2D eigenvalue weighted by Crippen LogP contribution is -2.15. The quantitative estimate of drug-likeness (QED) is 0.810. The highest BCUT2D eigenvalue weighted by molar-refractivity contribution is 5.68. The monoisotopic (exact) mass is 219 g/mol. The number of nitrogens with zero attached hydrogens (tertiary/aromatic N) is 2. The number of aromatic nitrogens is 2. The number of carbonyl (C=O) groups is 1. The fourth-order valence-electron chi connectivity index (χ4n) is 1.66. The predicted octanol–water partition coefficient (Wildman–Crippen LogP) is 1.12. The molecule has 1 unspecified atom stereocenters. The molecular weight excluding hydrogens is 206 g/mol. The Hall–Kier alpha value is -1.88. The van der Waals surface area contributed by atoms with Crippen molar-refractivity contribution in [2.45, 2.75) is 19.4 Å². The number of carboxylic acid groups (broad SMARTS) is 1. The number of carboxylic acids is 1. The fourth-order valence-corrected chi connectivity index (χ4v) is 1.66. The van der Waals surface area contributed by atoms with Crippen LogP contribution < -0.4 is 5.73 Å². The van der Waals surface area contributed by atoms with Crippen LogP contribution in [-0.2, 0) is 4.79 Å². The molecular formula is C11H13N3O2. The van der Waals surface area contributed by atoms with Gasteiger partial charge in [0.1, 0.15) is 5.82 Å². The normalized spacial score (nSPS) is 12.9. The summed E-state index contributed by atoms with van der Waals surface area (Å²) in [6, 6.07) is 3.24. The standard InChI is InChI=1S/C11H13N3O2/c1-7-13-5-9-3-2-8(6-14(7)9)10(12)4-11(15)16/h2-3,5-6,10H,4,12H2,1H3,(H,15,16). The van der Waals surface area contributed by atoms with E-state index in [1.54, 1.807) is 6.20 Å². The van der Waals surface area contributed by atoms with Gasteiger partial charge in [-0.05, 0) is 18.6 Å². The van der Waals surface area contributed by atoms with Gasteiger partial charge in [-0.25, -0.2) is 4.98 Å². The second kappa shape index (κ2) is 3.94. The van der Waals surface area contributed by atoms with Crippen LogP contribution in [0.4, 0.5) is 0 Å². The average molecular weight is 219 g/mol. The number of hydrogen-bond acceptors (Lipinski definition) is 3. The molecule has 0 saturated carbocycles. The number of aliphatic carboxylic acids is 1. The first kappa shape index (κ1) is 10.6. The second-order valence-electron chi connectivity index (χ2n) is 3.77. The average Bonchev–Trinajstić information content (AvgIpc) is 2.59. The molecule has 0 aliphatic heterocycles. The lowest BCUT2D eigenvalue weighted by Gasteiger charge is -2.10. The van der Waals surface area contributed by atoms with Gasteiger partial charge in [0.2, 0.25) is 0 Å². The first-order chi connectivity index (χ1) is 7.58. The van der Waals surface area contributed by atoms with Crippen LogP contribution >= 0.6 is 0 Å². The molecule has 2 heterocycles. The van der Waals surface area contributed by atoms with Gasteiger partial charge in [0.05, 0.1) is 18.1 Å². The van der Waals surface area contributed by atoms with E-state index in [0.717, 1.165) is 16.9 Å². The number of imidazole rings is 1. The number of nitrogens with two attached hydrogens (primary N) is 1. The van der Waals surface area contributed by atoms with Crippen molar-refractivity contribution >= 4 is 11.5 Å². The fraction of sp³-hybridized carbons (Fsp3) is 0.273. The zero-order valence-electron chi connectivity index (χ0n) is 8.92. The van der Waals surface area contributed by atoms with Crippen LogP contribution in [0.3, 0.4) is 0 Å². The van der Waals surface area contributed by atoms with E-state index >= 15 is 0 Å². The molecule has 3 N–H and O–H groups in total. The molecule has 1 atom stereocenters. The highest BCUT2D eigenvalue weighted by Gasteiger charge is 2.11. The van der Waals surface area contributed by atoms with Crippen molar-refractivity contribution in [3.05, 3.63) is 35.9 Å². The minimum Gasteiger partial charge on any atom is -0.481 e. The van der Waals surface area contributed by atoms with E-state index in [0.29, 0.717) is 0 Å². The largest absolute Gasteiger partial charge is 0.481 e. The first-order valence-corrected chi connectivity index (χ1v) is 4.99. The number of hydrogen-bond donors (Lipinski definition) is 2. The highest BCUT2D eigenvalue weighted by atomic mass is 16.4. The molecule has 0 aromatic carbocycles. The van der Waals surface area contributed by atoms with E-state index in [-0.39, 0.29) is 6.42 Å². The van der Waals surface area contributed by atoms with Crippen molar-refractivity contribution in [3.63, 3.8) is 0 Å². The van der Waals surface area contributed by atoms with Gasteiger partial charge < -0.3 is 15.2 Å². The van der Waals surface area contributed by atoms with Gasteiger partial charge in [0.25, 0.3) is 0 Å². The maximum atomic E-state index is 10.6. The molecule has 5 heteroatoms. The molecule has 0 aliphatic rings. The summed E-state index contributed by atoms with van der Waals surface area (Å²) in [4.78, 5) is 14.7. The predicted molar refractivity (Wildman–Crippen MR) is 59.1 cm³/mol. The number of pyridine rings is 1. The zero-order chi connectivity index (χ0) is 11.7. The Labute approximate surface area is 92.5 Å². The van der Waals surface area contributed by atoms with Crippen molar-refractivity contribution < 1.29 is 9.90 Å². The molecule has 2 aromatic heterocycles. The van der Waals surface area contributed by atoms with Crippen molar-refractivity contribution in [2.24, 2.45) is 5.73 Å². The molecule has 2 aromatic rings. The first-order valence-electron chi connectivity index (χ1n) is 4.99. The topological polar surface area (TPSA) is 80.6 Å². The summed E-state index contributed by atoms with van der Waals surface area (Å²) in [7, 11) is 0. The Morgan fingerprint density at radius 3 is 3.06 bits per heavy atom. The minimum atomic E-state index is -0.894. The second-order valence-corrected chi connectivity index (χ2v) is 3.77. The van der Waals surface area contributed by atoms with Crippen molar-refractivity contribution in [1.29, 1.82) is 0 Å². The third-order valence-corrected chi connectivity index (χ3v) is 2.56. The van der Waals surface area contributed by atoms with Crippen LogP contribution in [0.5, 0.6) is 0 Å². The van der Waals surface area contributed by atoms with Crippen LogP contribution in [0.25, 0.3) is 5.52 Å². The van der Waals surface area contributed by atoms with Crippen LogP contribution in [0.2, 0.25) is 0 Å². The van der Waals surface area contributed by atoms with E-state index < -0.39 is 12.0 Å². The molecule has 0 spiro atoms. The summed E-state index contributed by atoms with van der Waals surface area (Å²) in [5.41, 5.74) is 7.57. The third kappa shape index (κ3) is 1.90. The molecule has 0 saturated heterocycles. The summed E-state index contributed by atoms with van der Waals surface area (Å²) in [5, 5.41) is 8.67. The van der Waals surface area contributed by atoms with Crippen molar-refractivity contribution in [2.75, 3.05) is 0 Å². The van der Waals surface area contributed by atoms with Gasteiger partial charge in [0, 0.05) is 12.2 Å². The van der Waals surface area contributed by atoms with Crippen LogP contribution in [0.15, 0.2) is 24.5 Å². The number of fused-ring (bicyclic) bond motifs is 1. The molecule has 0 aliphatic carbocycles. The lowest BCUT2D eigenvalue weighted by molar-refractivity contribution is -0.137. The summed E-state index contributed by atoms with van der Waals surface area (Å²) in [5.74, 6) is -0.0330. The SMILES string of the molecule is Cc1ncc2ccc(C(N)CC(=O)O)cn12.